The molecule has 3 aromatic rings. The fourth-order valence-electron chi connectivity index (χ4n) is 3.84. The maximum Gasteiger partial charge on any atom is 0.374 e. The molecule has 3 heterocycles. The summed E-state index contributed by atoms with van der Waals surface area (Å²) in [5.74, 6) is -0.363. The Morgan fingerprint density at radius 1 is 1.29 bits per heavy atom. The molecule has 8 heteroatoms. The lowest BCUT2D eigenvalue weighted by Crippen LogP contribution is -2.18. The average Bonchev–Trinajstić information content (AvgIpc) is 3.10. The van der Waals surface area contributed by atoms with Crippen LogP contribution < -0.4 is 0 Å². The van der Waals surface area contributed by atoms with Gasteiger partial charge >= 0.3 is 5.97 Å². The summed E-state index contributed by atoms with van der Waals surface area (Å²) in [7, 11) is 0. The van der Waals surface area contributed by atoms with Gasteiger partial charge in [-0.1, -0.05) is 17.7 Å². The number of hydrogen-bond acceptors (Lipinski definition) is 5. The Morgan fingerprint density at radius 3 is 2.75 bits per heavy atom. The van der Waals surface area contributed by atoms with E-state index in [0.29, 0.717) is 39.3 Å². The van der Waals surface area contributed by atoms with Crippen LogP contribution in [0.25, 0.3) is 22.4 Å². The highest BCUT2D eigenvalue weighted by atomic mass is 35.5. The van der Waals surface area contributed by atoms with Crippen LogP contribution in [0.1, 0.15) is 36.3 Å². The van der Waals surface area contributed by atoms with Gasteiger partial charge in [-0.25, -0.2) is 19.7 Å². The van der Waals surface area contributed by atoms with E-state index < -0.39 is 5.97 Å². The fourth-order valence-corrected chi connectivity index (χ4v) is 4.01. The van der Waals surface area contributed by atoms with Crippen molar-refractivity contribution in [1.82, 2.24) is 24.5 Å². The molecule has 4 rings (SSSR count). The van der Waals surface area contributed by atoms with Crippen LogP contribution in [0, 0.1) is 11.8 Å². The summed E-state index contributed by atoms with van der Waals surface area (Å²) in [5, 5.41) is 9.83. The van der Waals surface area contributed by atoms with Crippen LogP contribution in [0.2, 0.25) is 5.02 Å². The van der Waals surface area contributed by atoms with Gasteiger partial charge in [-0.15, -0.1) is 6.58 Å². The van der Waals surface area contributed by atoms with Crippen LogP contribution in [-0.4, -0.2) is 35.6 Å². The molecule has 0 spiro atoms. The maximum absolute atomic E-state index is 11.5. The normalized spacial score (nSPS) is 19.6. The smallest absolute Gasteiger partial charge is 0.374 e. The molecule has 1 aliphatic carbocycles. The minimum Gasteiger partial charge on any atom is -0.475 e. The van der Waals surface area contributed by atoms with Gasteiger partial charge in [0.1, 0.15) is 11.2 Å². The summed E-state index contributed by atoms with van der Waals surface area (Å²) in [6.07, 6.45) is 11.4. The molecular weight excluding hydrogens is 378 g/mol. The first-order chi connectivity index (χ1) is 13.5. The zero-order chi connectivity index (χ0) is 19.7. The SMILES string of the molecule is C=CC1CCC(Cn2cnc3nc(C(=O)O)nc(-c4cncc(Cl)c4)c32)CC1. The number of aromatic carboxylic acids is 1. The van der Waals surface area contributed by atoms with Gasteiger partial charge in [-0.2, -0.15) is 0 Å². The molecule has 1 N–H and O–H groups in total. The summed E-state index contributed by atoms with van der Waals surface area (Å²) in [4.78, 5) is 28.3. The van der Waals surface area contributed by atoms with Gasteiger partial charge in [-0.3, -0.25) is 4.98 Å². The minimum absolute atomic E-state index is 0.292. The fraction of sp³-hybridized carbons (Fsp3) is 0.350. The second-order valence-electron chi connectivity index (χ2n) is 7.18. The number of carbonyl (C=O) groups is 1. The molecule has 0 aliphatic heterocycles. The molecule has 0 unspecified atom stereocenters. The number of carboxylic acids is 1. The summed E-state index contributed by atoms with van der Waals surface area (Å²) >= 11 is 6.09. The molecule has 0 atom stereocenters. The Balaban J connectivity index is 1.76. The van der Waals surface area contributed by atoms with Gasteiger partial charge in [0, 0.05) is 24.5 Å². The molecule has 0 aromatic carbocycles. The highest BCUT2D eigenvalue weighted by Gasteiger charge is 2.23. The number of rotatable bonds is 5. The van der Waals surface area contributed by atoms with Crippen LogP contribution in [-0.2, 0) is 6.54 Å². The molecule has 0 amide bonds. The number of halogens is 1. The molecule has 7 nitrogen and oxygen atoms in total. The Labute approximate surface area is 167 Å². The summed E-state index contributed by atoms with van der Waals surface area (Å²) in [5.41, 5.74) is 2.19. The van der Waals surface area contributed by atoms with E-state index in [1.165, 1.54) is 6.20 Å². The van der Waals surface area contributed by atoms with E-state index in [4.69, 9.17) is 11.6 Å². The molecule has 1 fully saturated rings. The quantitative estimate of drug-likeness (QED) is 0.647. The van der Waals surface area contributed by atoms with E-state index in [1.807, 2.05) is 10.6 Å². The van der Waals surface area contributed by atoms with Crippen molar-refractivity contribution in [3.8, 4) is 11.3 Å². The Hall–Kier alpha value is -2.80. The first kappa shape index (κ1) is 18.6. The topological polar surface area (TPSA) is 93.8 Å². The van der Waals surface area contributed by atoms with E-state index in [9.17, 15) is 9.90 Å². The second kappa shape index (κ2) is 7.67. The zero-order valence-electron chi connectivity index (χ0n) is 15.3. The van der Waals surface area contributed by atoms with Crippen molar-refractivity contribution >= 4 is 28.7 Å². The Bertz CT molecular complexity index is 1040. The van der Waals surface area contributed by atoms with Crippen LogP contribution >= 0.6 is 11.6 Å². The molecule has 1 saturated carbocycles. The van der Waals surface area contributed by atoms with E-state index in [-0.39, 0.29) is 5.82 Å². The average molecular weight is 398 g/mol. The number of allylic oxidation sites excluding steroid dienone is 1. The van der Waals surface area contributed by atoms with Crippen LogP contribution in [0.3, 0.4) is 0 Å². The largest absolute Gasteiger partial charge is 0.475 e. The Kier molecular flexibility index (Phi) is 5.09. The Morgan fingerprint density at radius 2 is 2.07 bits per heavy atom. The van der Waals surface area contributed by atoms with Crippen molar-refractivity contribution in [1.29, 1.82) is 0 Å². The summed E-state index contributed by atoms with van der Waals surface area (Å²) < 4.78 is 2.02. The number of imidazole rings is 1. The highest BCUT2D eigenvalue weighted by molar-refractivity contribution is 6.30. The molecule has 0 radical (unpaired) electrons. The lowest BCUT2D eigenvalue weighted by atomic mass is 9.82. The predicted octanol–water partition coefficient (Wildman–Crippen LogP) is 4.23. The summed E-state index contributed by atoms with van der Waals surface area (Å²) in [6.45, 7) is 4.69. The molecule has 0 bridgehead atoms. The van der Waals surface area contributed by atoms with E-state index in [0.717, 1.165) is 32.2 Å². The third-order valence-corrected chi connectivity index (χ3v) is 5.53. The lowest BCUT2D eigenvalue weighted by Gasteiger charge is -2.27. The third-order valence-electron chi connectivity index (χ3n) is 5.32. The van der Waals surface area contributed by atoms with Crippen molar-refractivity contribution in [3.63, 3.8) is 0 Å². The van der Waals surface area contributed by atoms with Crippen LogP contribution in [0.5, 0.6) is 0 Å². The minimum atomic E-state index is -1.20. The molecule has 3 aromatic heterocycles. The number of carboxylic acid groups (broad SMARTS) is 1. The first-order valence-electron chi connectivity index (χ1n) is 9.24. The number of pyridine rings is 1. The maximum atomic E-state index is 11.5. The van der Waals surface area contributed by atoms with Gasteiger partial charge in [0.2, 0.25) is 5.82 Å². The van der Waals surface area contributed by atoms with Crippen molar-refractivity contribution in [3.05, 3.63) is 48.3 Å². The predicted molar refractivity (Wildman–Crippen MR) is 106 cm³/mol. The number of nitrogens with zero attached hydrogens (tertiary/aromatic N) is 5. The molecule has 144 valence electrons. The van der Waals surface area contributed by atoms with Crippen LogP contribution in [0.4, 0.5) is 0 Å². The van der Waals surface area contributed by atoms with Gasteiger partial charge in [0.15, 0.2) is 5.65 Å². The van der Waals surface area contributed by atoms with Crippen molar-refractivity contribution in [2.24, 2.45) is 11.8 Å². The number of aromatic nitrogens is 5. The molecule has 1 aliphatic rings. The second-order valence-corrected chi connectivity index (χ2v) is 7.61. The summed E-state index contributed by atoms with van der Waals surface area (Å²) in [6, 6.07) is 1.72. The van der Waals surface area contributed by atoms with Crippen molar-refractivity contribution in [2.45, 2.75) is 32.2 Å². The van der Waals surface area contributed by atoms with Gasteiger partial charge in [0.05, 0.1) is 11.3 Å². The number of hydrogen-bond donors (Lipinski definition) is 1. The van der Waals surface area contributed by atoms with Crippen LogP contribution in [0.15, 0.2) is 37.4 Å². The van der Waals surface area contributed by atoms with Gasteiger partial charge < -0.3 is 9.67 Å². The third kappa shape index (κ3) is 3.62. The van der Waals surface area contributed by atoms with Crippen molar-refractivity contribution in [2.75, 3.05) is 0 Å². The van der Waals surface area contributed by atoms with Gasteiger partial charge in [-0.05, 0) is 43.6 Å². The highest BCUT2D eigenvalue weighted by Crippen LogP contribution is 2.32. The molecule has 0 saturated heterocycles. The van der Waals surface area contributed by atoms with E-state index >= 15 is 0 Å². The van der Waals surface area contributed by atoms with E-state index in [2.05, 4.69) is 26.5 Å². The molecular formula is C20H20ClN5O2. The van der Waals surface area contributed by atoms with E-state index in [1.54, 1.807) is 18.6 Å². The monoisotopic (exact) mass is 397 g/mol. The lowest BCUT2D eigenvalue weighted by molar-refractivity contribution is 0.0684. The number of fused-ring (bicyclic) bond motifs is 1. The first-order valence-corrected chi connectivity index (χ1v) is 9.62. The zero-order valence-corrected chi connectivity index (χ0v) is 16.0. The van der Waals surface area contributed by atoms with Gasteiger partial charge in [0.25, 0.3) is 0 Å². The standard InChI is InChI=1S/C20H20ClN5O2/c1-2-12-3-5-13(6-4-12)10-26-11-23-18-17(26)16(24-19(25-18)20(27)28)14-7-15(21)9-22-8-14/h2,7-9,11-13H,1,3-6,10H2,(H,27,28). The molecule has 28 heavy (non-hydrogen) atoms. The van der Waals surface area contributed by atoms with Crippen molar-refractivity contribution < 1.29 is 9.90 Å².